The maximum absolute atomic E-state index is 5.75. The molecule has 0 bridgehead atoms. The summed E-state index contributed by atoms with van der Waals surface area (Å²) < 4.78 is 5.75. The summed E-state index contributed by atoms with van der Waals surface area (Å²) >= 11 is 0. The summed E-state index contributed by atoms with van der Waals surface area (Å²) in [5, 5.41) is 0. The minimum absolute atomic E-state index is 0.579. The molecule has 0 saturated heterocycles. The standard InChI is InChI=1S/C18H31NO/c1-2-3-4-5-6-7-8-9-10-14-20-18-13-11-12-17(15-18)16-19/h11-13,15H,2-10,14,16,19H2,1H3. The lowest BCUT2D eigenvalue weighted by Crippen LogP contribution is -2.00. The molecule has 0 spiro atoms. The normalized spacial score (nSPS) is 10.7. The third-order valence-corrected chi connectivity index (χ3v) is 3.65. The van der Waals surface area contributed by atoms with Gasteiger partial charge in [-0.15, -0.1) is 0 Å². The molecule has 1 aromatic rings. The molecule has 0 atom stereocenters. The first-order valence-electron chi connectivity index (χ1n) is 8.28. The van der Waals surface area contributed by atoms with Crippen LogP contribution in [0.3, 0.4) is 0 Å². The number of hydrogen-bond donors (Lipinski definition) is 1. The van der Waals surface area contributed by atoms with Crippen molar-refractivity contribution in [3.8, 4) is 5.75 Å². The molecule has 0 aromatic heterocycles. The van der Waals surface area contributed by atoms with Crippen LogP contribution in [0, 0.1) is 0 Å². The Labute approximate surface area is 124 Å². The van der Waals surface area contributed by atoms with Crippen LogP contribution in [0.25, 0.3) is 0 Å². The van der Waals surface area contributed by atoms with Crippen LogP contribution in [0.2, 0.25) is 0 Å². The van der Waals surface area contributed by atoms with Gasteiger partial charge in [0.25, 0.3) is 0 Å². The van der Waals surface area contributed by atoms with Gasteiger partial charge in [0.05, 0.1) is 6.61 Å². The Balaban J connectivity index is 1.94. The van der Waals surface area contributed by atoms with Gasteiger partial charge in [-0.2, -0.15) is 0 Å². The summed E-state index contributed by atoms with van der Waals surface area (Å²) in [4.78, 5) is 0. The predicted octanol–water partition coefficient (Wildman–Crippen LogP) is 5.05. The molecule has 0 unspecified atom stereocenters. The van der Waals surface area contributed by atoms with E-state index in [2.05, 4.69) is 6.92 Å². The van der Waals surface area contributed by atoms with E-state index >= 15 is 0 Å². The molecule has 2 nitrogen and oxygen atoms in total. The molecule has 114 valence electrons. The molecular formula is C18H31NO. The highest BCUT2D eigenvalue weighted by Gasteiger charge is 1.96. The molecule has 1 aromatic carbocycles. The zero-order valence-corrected chi connectivity index (χ0v) is 13.1. The van der Waals surface area contributed by atoms with Crippen LogP contribution in [-0.2, 0) is 6.54 Å². The van der Waals surface area contributed by atoms with Gasteiger partial charge in [-0.25, -0.2) is 0 Å². The molecule has 0 aliphatic rings. The molecule has 0 amide bonds. The molecule has 0 aliphatic carbocycles. The van der Waals surface area contributed by atoms with E-state index in [4.69, 9.17) is 10.5 Å². The Morgan fingerprint density at radius 3 is 2.20 bits per heavy atom. The Hall–Kier alpha value is -1.02. The van der Waals surface area contributed by atoms with Gasteiger partial charge < -0.3 is 10.5 Å². The van der Waals surface area contributed by atoms with E-state index in [1.165, 1.54) is 51.4 Å². The Kier molecular flexibility index (Phi) is 10.0. The minimum Gasteiger partial charge on any atom is -0.494 e. The molecule has 20 heavy (non-hydrogen) atoms. The number of hydrogen-bond acceptors (Lipinski definition) is 2. The third kappa shape index (κ3) is 8.21. The number of nitrogens with two attached hydrogens (primary N) is 1. The van der Waals surface area contributed by atoms with Gasteiger partial charge >= 0.3 is 0 Å². The first-order chi connectivity index (χ1) is 9.86. The van der Waals surface area contributed by atoms with Gasteiger partial charge in [0, 0.05) is 6.54 Å². The average molecular weight is 277 g/mol. The highest BCUT2D eigenvalue weighted by Crippen LogP contribution is 2.14. The predicted molar refractivity (Wildman–Crippen MR) is 87.1 cm³/mol. The molecular weight excluding hydrogens is 246 g/mol. The third-order valence-electron chi connectivity index (χ3n) is 3.65. The summed E-state index contributed by atoms with van der Waals surface area (Å²) in [7, 11) is 0. The second-order valence-corrected chi connectivity index (χ2v) is 5.53. The molecule has 2 heteroatoms. The Morgan fingerprint density at radius 1 is 0.900 bits per heavy atom. The van der Waals surface area contributed by atoms with Crippen LogP contribution in [0.4, 0.5) is 0 Å². The van der Waals surface area contributed by atoms with Crippen molar-refractivity contribution in [2.75, 3.05) is 6.61 Å². The van der Waals surface area contributed by atoms with E-state index in [0.29, 0.717) is 6.54 Å². The van der Waals surface area contributed by atoms with Gasteiger partial charge in [-0.1, -0.05) is 70.4 Å². The van der Waals surface area contributed by atoms with E-state index in [-0.39, 0.29) is 0 Å². The lowest BCUT2D eigenvalue weighted by atomic mass is 10.1. The van der Waals surface area contributed by atoms with Crippen LogP contribution in [0.5, 0.6) is 5.75 Å². The largest absolute Gasteiger partial charge is 0.494 e. The van der Waals surface area contributed by atoms with Crippen LogP contribution >= 0.6 is 0 Å². The second kappa shape index (κ2) is 11.8. The molecule has 0 radical (unpaired) electrons. The van der Waals surface area contributed by atoms with Gasteiger partial charge in [-0.3, -0.25) is 0 Å². The Bertz CT molecular complexity index is 338. The lowest BCUT2D eigenvalue weighted by Gasteiger charge is -2.07. The summed E-state index contributed by atoms with van der Waals surface area (Å²) in [5.41, 5.74) is 6.75. The van der Waals surface area contributed by atoms with Gasteiger partial charge in [0.1, 0.15) is 5.75 Å². The molecule has 0 saturated carbocycles. The zero-order chi connectivity index (χ0) is 14.5. The zero-order valence-electron chi connectivity index (χ0n) is 13.1. The van der Waals surface area contributed by atoms with Crippen LogP contribution in [0.15, 0.2) is 24.3 Å². The van der Waals surface area contributed by atoms with Crippen molar-refractivity contribution < 1.29 is 4.74 Å². The fourth-order valence-corrected chi connectivity index (χ4v) is 2.36. The van der Waals surface area contributed by atoms with Gasteiger partial charge in [0.2, 0.25) is 0 Å². The van der Waals surface area contributed by atoms with Crippen molar-refractivity contribution in [1.82, 2.24) is 0 Å². The monoisotopic (exact) mass is 277 g/mol. The van der Waals surface area contributed by atoms with E-state index in [1.807, 2.05) is 24.3 Å². The smallest absolute Gasteiger partial charge is 0.119 e. The fourth-order valence-electron chi connectivity index (χ4n) is 2.36. The average Bonchev–Trinajstić information content (AvgIpc) is 2.49. The van der Waals surface area contributed by atoms with E-state index in [0.717, 1.165) is 24.3 Å². The molecule has 0 heterocycles. The fraction of sp³-hybridized carbons (Fsp3) is 0.667. The van der Waals surface area contributed by atoms with Crippen molar-refractivity contribution in [3.05, 3.63) is 29.8 Å². The van der Waals surface area contributed by atoms with Gasteiger partial charge in [0.15, 0.2) is 0 Å². The van der Waals surface area contributed by atoms with Crippen molar-refractivity contribution >= 4 is 0 Å². The van der Waals surface area contributed by atoms with Crippen LogP contribution in [-0.4, -0.2) is 6.61 Å². The number of unbranched alkanes of at least 4 members (excludes halogenated alkanes) is 8. The SMILES string of the molecule is CCCCCCCCCCCOc1cccc(CN)c1. The molecule has 0 fully saturated rings. The first-order valence-corrected chi connectivity index (χ1v) is 8.28. The van der Waals surface area contributed by atoms with Crippen molar-refractivity contribution in [3.63, 3.8) is 0 Å². The van der Waals surface area contributed by atoms with E-state index in [1.54, 1.807) is 0 Å². The number of ether oxygens (including phenoxy) is 1. The second-order valence-electron chi connectivity index (χ2n) is 5.53. The van der Waals surface area contributed by atoms with Crippen LogP contribution < -0.4 is 10.5 Å². The number of benzene rings is 1. The molecule has 2 N–H and O–H groups in total. The van der Waals surface area contributed by atoms with Crippen LogP contribution in [0.1, 0.15) is 70.3 Å². The van der Waals surface area contributed by atoms with Crippen molar-refractivity contribution in [2.45, 2.75) is 71.3 Å². The Morgan fingerprint density at radius 2 is 1.55 bits per heavy atom. The molecule has 1 rings (SSSR count). The molecule has 0 aliphatic heterocycles. The highest BCUT2D eigenvalue weighted by atomic mass is 16.5. The van der Waals surface area contributed by atoms with E-state index < -0.39 is 0 Å². The quantitative estimate of drug-likeness (QED) is 0.542. The summed E-state index contributed by atoms with van der Waals surface area (Å²) in [6.45, 7) is 3.67. The van der Waals surface area contributed by atoms with Crippen molar-refractivity contribution in [2.24, 2.45) is 5.73 Å². The minimum atomic E-state index is 0.579. The van der Waals surface area contributed by atoms with Crippen molar-refractivity contribution in [1.29, 1.82) is 0 Å². The van der Waals surface area contributed by atoms with Gasteiger partial charge in [-0.05, 0) is 24.1 Å². The summed E-state index contributed by atoms with van der Waals surface area (Å²) in [5.74, 6) is 0.951. The topological polar surface area (TPSA) is 35.2 Å². The summed E-state index contributed by atoms with van der Waals surface area (Å²) in [6.07, 6.45) is 12.1. The first kappa shape index (κ1) is 17.0. The maximum Gasteiger partial charge on any atom is 0.119 e. The van der Waals surface area contributed by atoms with E-state index in [9.17, 15) is 0 Å². The number of rotatable bonds is 12. The lowest BCUT2D eigenvalue weighted by molar-refractivity contribution is 0.304. The summed E-state index contributed by atoms with van der Waals surface area (Å²) in [6, 6.07) is 8.08. The highest BCUT2D eigenvalue weighted by molar-refractivity contribution is 5.28. The maximum atomic E-state index is 5.75.